The van der Waals surface area contributed by atoms with Crippen LogP contribution in [-0.2, 0) is 11.3 Å². The number of nitrogens with one attached hydrogen (secondary N) is 2. The van der Waals surface area contributed by atoms with Crippen molar-refractivity contribution in [2.24, 2.45) is 5.92 Å². The average Bonchev–Trinajstić information content (AvgIpc) is 2.94. The molecular weight excluding hydrogens is 350 g/mol. The van der Waals surface area contributed by atoms with Gasteiger partial charge in [-0.25, -0.2) is 4.68 Å². The first kappa shape index (κ1) is 17.1. The molecule has 27 heavy (non-hydrogen) atoms. The van der Waals surface area contributed by atoms with Crippen LogP contribution in [0.2, 0.25) is 0 Å². The summed E-state index contributed by atoms with van der Waals surface area (Å²) in [6.07, 6.45) is 3.50. The SMILES string of the molecule is N#CCC1CNc2c(C(=O)Nc3cnccc3OC3COC3)c(N)nn2C1. The normalized spacial score (nSPS) is 18.6. The number of nitrogen functional groups attached to an aromatic ring is 1. The van der Waals surface area contributed by atoms with Crippen LogP contribution >= 0.6 is 0 Å². The summed E-state index contributed by atoms with van der Waals surface area (Å²) in [4.78, 5) is 16.9. The van der Waals surface area contributed by atoms with Crippen molar-refractivity contribution in [1.82, 2.24) is 14.8 Å². The van der Waals surface area contributed by atoms with Gasteiger partial charge in [-0.2, -0.15) is 10.4 Å². The molecule has 0 spiro atoms. The number of pyridine rings is 1. The maximum atomic E-state index is 12.9. The van der Waals surface area contributed by atoms with E-state index in [4.69, 9.17) is 20.5 Å². The van der Waals surface area contributed by atoms with E-state index in [1.165, 1.54) is 6.20 Å². The Bertz CT molecular complexity index is 900. The summed E-state index contributed by atoms with van der Waals surface area (Å²) in [6, 6.07) is 3.84. The molecule has 10 nitrogen and oxygen atoms in total. The summed E-state index contributed by atoms with van der Waals surface area (Å²) in [6.45, 7) is 2.17. The Morgan fingerprint density at radius 2 is 2.41 bits per heavy atom. The van der Waals surface area contributed by atoms with E-state index >= 15 is 0 Å². The van der Waals surface area contributed by atoms with E-state index in [-0.39, 0.29) is 23.4 Å². The Balaban J connectivity index is 1.54. The van der Waals surface area contributed by atoms with Crippen molar-refractivity contribution < 1.29 is 14.3 Å². The lowest BCUT2D eigenvalue weighted by Gasteiger charge is -2.27. The fourth-order valence-electron chi connectivity index (χ4n) is 3.06. The lowest BCUT2D eigenvalue weighted by atomic mass is 10.0. The van der Waals surface area contributed by atoms with E-state index in [9.17, 15) is 4.79 Å². The first-order valence-corrected chi connectivity index (χ1v) is 8.62. The van der Waals surface area contributed by atoms with Crippen molar-refractivity contribution in [3.8, 4) is 11.8 Å². The zero-order chi connectivity index (χ0) is 18.8. The third kappa shape index (κ3) is 3.37. The summed E-state index contributed by atoms with van der Waals surface area (Å²) in [7, 11) is 0. The van der Waals surface area contributed by atoms with Crippen molar-refractivity contribution in [3.63, 3.8) is 0 Å². The number of aromatic nitrogens is 3. The van der Waals surface area contributed by atoms with Crippen molar-refractivity contribution in [2.75, 3.05) is 36.1 Å². The Kier molecular flexibility index (Phi) is 4.52. The minimum atomic E-state index is -0.400. The molecule has 140 valence electrons. The van der Waals surface area contributed by atoms with Gasteiger partial charge in [0.1, 0.15) is 28.9 Å². The molecule has 0 radical (unpaired) electrons. The summed E-state index contributed by atoms with van der Waals surface area (Å²) in [5.41, 5.74) is 6.70. The Morgan fingerprint density at radius 3 is 3.15 bits per heavy atom. The van der Waals surface area contributed by atoms with Gasteiger partial charge in [-0.05, 0) is 0 Å². The van der Waals surface area contributed by atoms with Crippen LogP contribution in [0.1, 0.15) is 16.8 Å². The number of hydrogen-bond donors (Lipinski definition) is 3. The standard InChI is InChI=1S/C17H19N7O3/c18-3-1-10-5-21-16-14(15(19)23-24(16)7-10)17(25)22-12-6-20-4-2-13(12)27-11-8-26-9-11/h2,4,6,10-11,21H,1,5,7-9H2,(H2,19,23)(H,22,25). The second kappa shape index (κ2) is 7.13. The van der Waals surface area contributed by atoms with Crippen LogP contribution in [0.15, 0.2) is 18.5 Å². The smallest absolute Gasteiger partial charge is 0.263 e. The molecule has 1 amide bonds. The summed E-state index contributed by atoms with van der Waals surface area (Å²) in [5, 5.41) is 19.1. The predicted octanol–water partition coefficient (Wildman–Crippen LogP) is 0.846. The quantitative estimate of drug-likeness (QED) is 0.704. The summed E-state index contributed by atoms with van der Waals surface area (Å²) < 4.78 is 12.6. The highest BCUT2D eigenvalue weighted by Crippen LogP contribution is 2.30. The van der Waals surface area contributed by atoms with E-state index in [2.05, 4.69) is 26.8 Å². The van der Waals surface area contributed by atoms with Crippen LogP contribution in [-0.4, -0.2) is 46.5 Å². The molecule has 0 aliphatic carbocycles. The Morgan fingerprint density at radius 1 is 1.56 bits per heavy atom. The monoisotopic (exact) mass is 369 g/mol. The summed E-state index contributed by atoms with van der Waals surface area (Å²) in [5.74, 6) is 0.932. The maximum absolute atomic E-state index is 12.9. The first-order chi connectivity index (χ1) is 13.2. The van der Waals surface area contributed by atoms with E-state index < -0.39 is 5.91 Å². The highest BCUT2D eigenvalue weighted by molar-refractivity contribution is 6.11. The number of carbonyl (C=O) groups is 1. The maximum Gasteiger partial charge on any atom is 0.263 e. The number of ether oxygens (including phenoxy) is 2. The zero-order valence-corrected chi connectivity index (χ0v) is 14.5. The van der Waals surface area contributed by atoms with Crippen molar-refractivity contribution in [3.05, 3.63) is 24.0 Å². The minimum Gasteiger partial charge on any atom is -0.483 e. The van der Waals surface area contributed by atoms with Crippen LogP contribution in [0, 0.1) is 17.2 Å². The zero-order valence-electron chi connectivity index (χ0n) is 14.5. The minimum absolute atomic E-state index is 0.0317. The molecular formula is C17H19N7O3. The number of rotatable bonds is 5. The second-order valence-corrected chi connectivity index (χ2v) is 6.50. The molecule has 1 atom stereocenters. The van der Waals surface area contributed by atoms with E-state index in [0.29, 0.717) is 50.0 Å². The number of anilines is 3. The molecule has 2 aliphatic heterocycles. The van der Waals surface area contributed by atoms with Gasteiger partial charge in [0.05, 0.1) is 25.5 Å². The average molecular weight is 369 g/mol. The molecule has 2 aromatic rings. The molecule has 10 heteroatoms. The highest BCUT2D eigenvalue weighted by atomic mass is 16.6. The fraction of sp³-hybridized carbons (Fsp3) is 0.412. The second-order valence-electron chi connectivity index (χ2n) is 6.50. The molecule has 2 aromatic heterocycles. The number of hydrogen-bond acceptors (Lipinski definition) is 8. The van der Waals surface area contributed by atoms with Gasteiger partial charge < -0.3 is 25.8 Å². The number of nitrogens with zero attached hydrogens (tertiary/aromatic N) is 4. The van der Waals surface area contributed by atoms with E-state index in [1.807, 2.05) is 0 Å². The number of amides is 1. The predicted molar refractivity (Wildman–Crippen MR) is 96.3 cm³/mol. The van der Waals surface area contributed by atoms with Crippen LogP contribution in [0.4, 0.5) is 17.3 Å². The van der Waals surface area contributed by atoms with Gasteiger partial charge >= 0.3 is 0 Å². The number of nitriles is 1. The molecule has 4 N–H and O–H groups in total. The largest absolute Gasteiger partial charge is 0.483 e. The Hall–Kier alpha value is -3.32. The Labute approximate surface area is 155 Å². The van der Waals surface area contributed by atoms with E-state index in [1.54, 1.807) is 16.9 Å². The third-order valence-corrected chi connectivity index (χ3v) is 4.51. The molecule has 1 fully saturated rings. The lowest BCUT2D eigenvalue weighted by molar-refractivity contribution is -0.0794. The van der Waals surface area contributed by atoms with Gasteiger partial charge in [-0.3, -0.25) is 9.78 Å². The number of fused-ring (bicyclic) bond motifs is 1. The van der Waals surface area contributed by atoms with Gasteiger partial charge in [0.15, 0.2) is 5.82 Å². The molecule has 1 unspecified atom stereocenters. The first-order valence-electron chi connectivity index (χ1n) is 8.62. The van der Waals surface area contributed by atoms with Gasteiger partial charge in [0.25, 0.3) is 5.91 Å². The molecule has 4 heterocycles. The van der Waals surface area contributed by atoms with Crippen LogP contribution < -0.4 is 21.1 Å². The van der Waals surface area contributed by atoms with Gasteiger partial charge in [-0.15, -0.1) is 0 Å². The highest BCUT2D eigenvalue weighted by Gasteiger charge is 2.28. The number of carbonyl (C=O) groups excluding carboxylic acids is 1. The molecule has 2 aliphatic rings. The van der Waals surface area contributed by atoms with Crippen molar-refractivity contribution >= 4 is 23.2 Å². The molecule has 0 saturated carbocycles. The van der Waals surface area contributed by atoms with Gasteiger partial charge in [0, 0.05) is 37.7 Å². The lowest BCUT2D eigenvalue weighted by Crippen LogP contribution is -2.38. The molecule has 1 saturated heterocycles. The molecule has 0 aromatic carbocycles. The van der Waals surface area contributed by atoms with Gasteiger partial charge in [0.2, 0.25) is 0 Å². The molecule has 0 bridgehead atoms. The topological polar surface area (TPSA) is 140 Å². The van der Waals surface area contributed by atoms with Crippen molar-refractivity contribution in [1.29, 1.82) is 5.26 Å². The number of nitrogens with two attached hydrogens (primary N) is 1. The summed E-state index contributed by atoms with van der Waals surface area (Å²) >= 11 is 0. The third-order valence-electron chi connectivity index (χ3n) is 4.51. The van der Waals surface area contributed by atoms with E-state index in [0.717, 1.165) is 0 Å². The molecule has 4 rings (SSSR count). The van der Waals surface area contributed by atoms with Crippen molar-refractivity contribution in [2.45, 2.75) is 19.1 Å². The van der Waals surface area contributed by atoms with Gasteiger partial charge in [-0.1, -0.05) is 0 Å². The fourth-order valence-corrected chi connectivity index (χ4v) is 3.06. The van der Waals surface area contributed by atoms with Crippen LogP contribution in [0.25, 0.3) is 0 Å². The van der Waals surface area contributed by atoms with Crippen LogP contribution in [0.5, 0.6) is 5.75 Å². The van der Waals surface area contributed by atoms with Crippen LogP contribution in [0.3, 0.4) is 0 Å².